The van der Waals surface area contributed by atoms with Crippen molar-refractivity contribution in [1.82, 2.24) is 10.2 Å². The average molecular weight is 248 g/mol. The third kappa shape index (κ3) is 4.88. The molecule has 1 unspecified atom stereocenters. The van der Waals surface area contributed by atoms with Crippen LogP contribution in [0.4, 0.5) is 0 Å². The smallest absolute Gasteiger partial charge is 0.226 e. The Bertz CT molecular complexity index is 351. The maximum atomic E-state index is 12.0. The number of benzene rings is 1. The summed E-state index contributed by atoms with van der Waals surface area (Å²) >= 11 is 0. The second-order valence-corrected chi connectivity index (χ2v) is 4.81. The molecule has 0 saturated heterocycles. The third-order valence-corrected chi connectivity index (χ3v) is 3.11. The highest BCUT2D eigenvalue weighted by molar-refractivity contribution is 5.78. The molecule has 1 amide bonds. The number of carbonyl (C=O) groups is 1. The molecule has 100 valence electrons. The molecule has 18 heavy (non-hydrogen) atoms. The Balaban J connectivity index is 2.28. The molecule has 0 heterocycles. The first-order chi connectivity index (χ1) is 8.65. The number of aryl methyl sites for hydroxylation is 1. The summed E-state index contributed by atoms with van der Waals surface area (Å²) in [6.07, 6.45) is 2.04. The van der Waals surface area contributed by atoms with E-state index in [1.54, 1.807) is 0 Å². The number of nitrogens with one attached hydrogen (secondary N) is 1. The first kappa shape index (κ1) is 14.7. The Morgan fingerprint density at radius 2 is 2.00 bits per heavy atom. The van der Waals surface area contributed by atoms with Crippen LogP contribution in [0.15, 0.2) is 30.3 Å². The Hall–Kier alpha value is -1.35. The molecule has 0 aliphatic rings. The van der Waals surface area contributed by atoms with Gasteiger partial charge in [0.05, 0.1) is 0 Å². The Morgan fingerprint density at radius 1 is 1.33 bits per heavy atom. The van der Waals surface area contributed by atoms with Crippen LogP contribution < -0.4 is 5.32 Å². The van der Waals surface area contributed by atoms with Crippen LogP contribution in [0.5, 0.6) is 0 Å². The summed E-state index contributed by atoms with van der Waals surface area (Å²) in [5.74, 6) is 0.272. The standard InChI is InChI=1S/C15H24N2O/c1-13(12-16-2)15(18)17(3)11-7-10-14-8-5-4-6-9-14/h4-6,8-9,13,16H,7,10-12H2,1-3H3. The molecule has 0 fully saturated rings. The van der Waals surface area contributed by atoms with Crippen LogP contribution in [0, 0.1) is 5.92 Å². The van der Waals surface area contributed by atoms with E-state index in [9.17, 15) is 4.79 Å². The second kappa shape index (κ2) is 7.88. The lowest BCUT2D eigenvalue weighted by Gasteiger charge is -2.21. The monoisotopic (exact) mass is 248 g/mol. The lowest BCUT2D eigenvalue weighted by Crippen LogP contribution is -2.36. The van der Waals surface area contributed by atoms with Crippen molar-refractivity contribution in [2.75, 3.05) is 27.2 Å². The van der Waals surface area contributed by atoms with E-state index in [4.69, 9.17) is 0 Å². The zero-order chi connectivity index (χ0) is 13.4. The molecule has 0 spiro atoms. The van der Waals surface area contributed by atoms with E-state index in [0.717, 1.165) is 25.9 Å². The molecule has 0 radical (unpaired) electrons. The first-order valence-corrected chi connectivity index (χ1v) is 6.58. The van der Waals surface area contributed by atoms with E-state index >= 15 is 0 Å². The van der Waals surface area contributed by atoms with E-state index in [2.05, 4.69) is 29.6 Å². The summed E-state index contributed by atoms with van der Waals surface area (Å²) in [6.45, 7) is 3.52. The molecule has 0 aromatic heterocycles. The van der Waals surface area contributed by atoms with Gasteiger partial charge in [0.2, 0.25) is 5.91 Å². The fourth-order valence-electron chi connectivity index (χ4n) is 2.04. The summed E-state index contributed by atoms with van der Waals surface area (Å²) < 4.78 is 0. The minimum Gasteiger partial charge on any atom is -0.345 e. The Kier molecular flexibility index (Phi) is 6.44. The minimum absolute atomic E-state index is 0.0525. The number of hydrogen-bond donors (Lipinski definition) is 1. The summed E-state index contributed by atoms with van der Waals surface area (Å²) in [4.78, 5) is 13.8. The summed E-state index contributed by atoms with van der Waals surface area (Å²) in [5.41, 5.74) is 1.33. The van der Waals surface area contributed by atoms with Gasteiger partial charge in [-0.1, -0.05) is 37.3 Å². The molecule has 3 heteroatoms. The largest absolute Gasteiger partial charge is 0.345 e. The maximum Gasteiger partial charge on any atom is 0.226 e. The molecule has 0 bridgehead atoms. The van der Waals surface area contributed by atoms with Crippen LogP contribution in [0.25, 0.3) is 0 Å². The van der Waals surface area contributed by atoms with Gasteiger partial charge in [0.15, 0.2) is 0 Å². The molecule has 1 aromatic rings. The number of carbonyl (C=O) groups excluding carboxylic acids is 1. The second-order valence-electron chi connectivity index (χ2n) is 4.81. The molecule has 0 aliphatic carbocycles. The summed E-state index contributed by atoms with van der Waals surface area (Å²) in [5, 5.41) is 3.04. The van der Waals surface area contributed by atoms with E-state index in [0.29, 0.717) is 0 Å². The van der Waals surface area contributed by atoms with Crippen molar-refractivity contribution in [3.63, 3.8) is 0 Å². The predicted octanol–water partition coefficient (Wildman–Crippen LogP) is 1.93. The van der Waals surface area contributed by atoms with Gasteiger partial charge in [-0.25, -0.2) is 0 Å². The van der Waals surface area contributed by atoms with Gasteiger partial charge >= 0.3 is 0 Å². The molecule has 1 rings (SSSR count). The molecular weight excluding hydrogens is 224 g/mol. The minimum atomic E-state index is 0.0525. The fraction of sp³-hybridized carbons (Fsp3) is 0.533. The van der Waals surface area contributed by atoms with Crippen molar-refractivity contribution in [2.45, 2.75) is 19.8 Å². The van der Waals surface area contributed by atoms with Crippen LogP contribution in [-0.2, 0) is 11.2 Å². The van der Waals surface area contributed by atoms with Crippen LogP contribution in [-0.4, -0.2) is 38.0 Å². The van der Waals surface area contributed by atoms with Crippen LogP contribution >= 0.6 is 0 Å². The van der Waals surface area contributed by atoms with Crippen molar-refractivity contribution in [3.8, 4) is 0 Å². The van der Waals surface area contributed by atoms with Crippen molar-refractivity contribution in [1.29, 1.82) is 0 Å². The zero-order valence-electron chi connectivity index (χ0n) is 11.6. The number of amides is 1. The van der Waals surface area contributed by atoms with E-state index in [-0.39, 0.29) is 11.8 Å². The van der Waals surface area contributed by atoms with E-state index < -0.39 is 0 Å². The van der Waals surface area contributed by atoms with Crippen molar-refractivity contribution >= 4 is 5.91 Å². The highest BCUT2D eigenvalue weighted by Crippen LogP contribution is 2.05. The van der Waals surface area contributed by atoms with Gasteiger partial charge in [-0.2, -0.15) is 0 Å². The SMILES string of the molecule is CNCC(C)C(=O)N(C)CCCc1ccccc1. The summed E-state index contributed by atoms with van der Waals surface area (Å²) in [6, 6.07) is 10.4. The molecule has 1 N–H and O–H groups in total. The predicted molar refractivity (Wildman–Crippen MR) is 75.5 cm³/mol. The topological polar surface area (TPSA) is 32.3 Å². The van der Waals surface area contributed by atoms with Gasteiger partial charge in [0.1, 0.15) is 0 Å². The Labute approximate surface area is 110 Å². The first-order valence-electron chi connectivity index (χ1n) is 6.58. The van der Waals surface area contributed by atoms with Gasteiger partial charge in [0, 0.05) is 26.1 Å². The van der Waals surface area contributed by atoms with Crippen molar-refractivity contribution < 1.29 is 4.79 Å². The van der Waals surface area contributed by atoms with E-state index in [1.807, 2.05) is 32.0 Å². The van der Waals surface area contributed by atoms with Crippen molar-refractivity contribution in [3.05, 3.63) is 35.9 Å². The Morgan fingerprint density at radius 3 is 2.61 bits per heavy atom. The van der Waals surface area contributed by atoms with E-state index in [1.165, 1.54) is 5.56 Å². The molecule has 1 aromatic carbocycles. The number of rotatable bonds is 7. The van der Waals surface area contributed by atoms with Gasteiger partial charge < -0.3 is 10.2 Å². The van der Waals surface area contributed by atoms with Gasteiger partial charge in [-0.3, -0.25) is 4.79 Å². The number of nitrogens with zero attached hydrogens (tertiary/aromatic N) is 1. The molecular formula is C15H24N2O. The molecule has 0 aliphatic heterocycles. The summed E-state index contributed by atoms with van der Waals surface area (Å²) in [7, 11) is 3.76. The molecule has 0 saturated carbocycles. The number of hydrogen-bond acceptors (Lipinski definition) is 2. The van der Waals surface area contributed by atoms with Crippen LogP contribution in [0.1, 0.15) is 18.9 Å². The highest BCUT2D eigenvalue weighted by atomic mass is 16.2. The van der Waals surface area contributed by atoms with Crippen molar-refractivity contribution in [2.24, 2.45) is 5.92 Å². The average Bonchev–Trinajstić information content (AvgIpc) is 2.39. The maximum absolute atomic E-state index is 12.0. The quantitative estimate of drug-likeness (QED) is 0.799. The normalized spacial score (nSPS) is 12.2. The van der Waals surface area contributed by atoms with Crippen LogP contribution in [0.3, 0.4) is 0 Å². The third-order valence-electron chi connectivity index (χ3n) is 3.11. The zero-order valence-corrected chi connectivity index (χ0v) is 11.6. The fourth-order valence-corrected chi connectivity index (χ4v) is 2.04. The molecule has 1 atom stereocenters. The van der Waals surface area contributed by atoms with Gasteiger partial charge in [-0.05, 0) is 25.5 Å². The van der Waals surface area contributed by atoms with Gasteiger partial charge in [0.25, 0.3) is 0 Å². The van der Waals surface area contributed by atoms with Crippen LogP contribution in [0.2, 0.25) is 0 Å². The molecule has 3 nitrogen and oxygen atoms in total. The lowest BCUT2D eigenvalue weighted by atomic mass is 10.1. The highest BCUT2D eigenvalue weighted by Gasteiger charge is 2.15. The van der Waals surface area contributed by atoms with Gasteiger partial charge in [-0.15, -0.1) is 0 Å². The lowest BCUT2D eigenvalue weighted by molar-refractivity contribution is -0.133.